The van der Waals surface area contributed by atoms with E-state index < -0.39 is 9.84 Å². The highest BCUT2D eigenvalue weighted by Gasteiger charge is 2.24. The predicted molar refractivity (Wildman–Crippen MR) is 66.6 cm³/mol. The number of anilines is 2. The van der Waals surface area contributed by atoms with Crippen molar-refractivity contribution in [3.8, 4) is 0 Å². The molecule has 1 aliphatic heterocycles. The summed E-state index contributed by atoms with van der Waals surface area (Å²) < 4.78 is 26.6. The first-order chi connectivity index (χ1) is 7.48. The molecule has 0 aromatic carbocycles. The van der Waals surface area contributed by atoms with Crippen molar-refractivity contribution in [1.82, 2.24) is 4.37 Å². The fourth-order valence-electron chi connectivity index (χ4n) is 1.70. The Morgan fingerprint density at radius 1 is 1.44 bits per heavy atom. The molecule has 3 N–H and O–H groups in total. The lowest BCUT2D eigenvalue weighted by Crippen LogP contribution is -2.32. The fraction of sp³-hybridized carbons (Fsp3) is 0.667. The van der Waals surface area contributed by atoms with Gasteiger partial charge in [0.15, 0.2) is 0 Å². The summed E-state index contributed by atoms with van der Waals surface area (Å²) in [4.78, 5) is 0. The number of nitrogen functional groups attached to an aromatic ring is 1. The molecule has 1 aromatic heterocycles. The number of nitrogens with two attached hydrogens (primary N) is 1. The molecule has 0 amide bonds. The molecule has 0 bridgehead atoms. The molecule has 0 aliphatic carbocycles. The van der Waals surface area contributed by atoms with Crippen molar-refractivity contribution < 1.29 is 8.42 Å². The zero-order valence-electron chi connectivity index (χ0n) is 9.06. The molecular formula is C9H15N3O2S2. The summed E-state index contributed by atoms with van der Waals surface area (Å²) in [7, 11) is -2.79. The second-order valence-corrected chi connectivity index (χ2v) is 7.17. The maximum Gasteiger partial charge on any atom is 0.150 e. The number of hydrogen-bond acceptors (Lipinski definition) is 6. The second-order valence-electron chi connectivity index (χ2n) is 4.09. The van der Waals surface area contributed by atoms with E-state index in [4.69, 9.17) is 5.73 Å². The number of rotatable bonds is 2. The number of sulfone groups is 1. The van der Waals surface area contributed by atoms with E-state index in [9.17, 15) is 8.42 Å². The summed E-state index contributed by atoms with van der Waals surface area (Å²) in [6.45, 7) is 1.92. The molecule has 1 aromatic rings. The molecule has 2 heterocycles. The lowest BCUT2D eigenvalue weighted by Gasteiger charge is -2.23. The van der Waals surface area contributed by atoms with Crippen molar-refractivity contribution in [2.24, 2.45) is 0 Å². The average Bonchev–Trinajstić information content (AvgIpc) is 2.53. The van der Waals surface area contributed by atoms with Crippen LogP contribution in [-0.2, 0) is 9.84 Å². The van der Waals surface area contributed by atoms with Gasteiger partial charge in [0.25, 0.3) is 0 Å². The van der Waals surface area contributed by atoms with E-state index in [0.29, 0.717) is 18.7 Å². The Balaban J connectivity index is 1.99. The lowest BCUT2D eigenvalue weighted by molar-refractivity contribution is 0.560. The van der Waals surface area contributed by atoms with Gasteiger partial charge in [-0.1, -0.05) is 0 Å². The van der Waals surface area contributed by atoms with Crippen molar-refractivity contribution in [2.45, 2.75) is 25.8 Å². The van der Waals surface area contributed by atoms with Gasteiger partial charge in [0.05, 0.1) is 11.5 Å². The zero-order chi connectivity index (χ0) is 11.8. The normalized spacial score (nSPS) is 20.8. The molecule has 90 valence electrons. The molecule has 1 fully saturated rings. The van der Waals surface area contributed by atoms with Crippen LogP contribution in [0.3, 0.4) is 0 Å². The monoisotopic (exact) mass is 261 g/mol. The Kier molecular flexibility index (Phi) is 3.07. The minimum absolute atomic E-state index is 0.224. The van der Waals surface area contributed by atoms with Crippen molar-refractivity contribution in [2.75, 3.05) is 22.6 Å². The quantitative estimate of drug-likeness (QED) is 0.830. The Labute approximate surface area is 99.1 Å². The van der Waals surface area contributed by atoms with Crippen LogP contribution in [0.4, 0.5) is 10.8 Å². The van der Waals surface area contributed by atoms with Gasteiger partial charge in [0.1, 0.15) is 20.7 Å². The smallest absolute Gasteiger partial charge is 0.150 e. The van der Waals surface area contributed by atoms with Crippen molar-refractivity contribution in [3.05, 3.63) is 5.56 Å². The first-order valence-corrected chi connectivity index (χ1v) is 7.76. The molecule has 16 heavy (non-hydrogen) atoms. The van der Waals surface area contributed by atoms with Crippen molar-refractivity contribution in [3.63, 3.8) is 0 Å². The third kappa shape index (κ3) is 2.46. The molecule has 5 nitrogen and oxygen atoms in total. The first kappa shape index (κ1) is 11.7. The highest BCUT2D eigenvalue weighted by Crippen LogP contribution is 2.28. The van der Waals surface area contributed by atoms with Crippen LogP contribution < -0.4 is 11.1 Å². The summed E-state index contributed by atoms with van der Waals surface area (Å²) in [6.07, 6.45) is 1.33. The van der Waals surface area contributed by atoms with Crippen LogP contribution in [0.1, 0.15) is 18.4 Å². The highest BCUT2D eigenvalue weighted by atomic mass is 32.2. The maximum absolute atomic E-state index is 11.3. The number of nitrogens with zero attached hydrogens (tertiary/aromatic N) is 1. The van der Waals surface area contributed by atoms with Gasteiger partial charge >= 0.3 is 0 Å². The van der Waals surface area contributed by atoms with Crippen LogP contribution in [0.5, 0.6) is 0 Å². The van der Waals surface area contributed by atoms with E-state index in [0.717, 1.165) is 10.6 Å². The van der Waals surface area contributed by atoms with E-state index in [1.165, 1.54) is 11.5 Å². The van der Waals surface area contributed by atoms with Crippen LogP contribution >= 0.6 is 11.5 Å². The molecule has 0 atom stereocenters. The topological polar surface area (TPSA) is 85.1 Å². The van der Waals surface area contributed by atoms with Gasteiger partial charge in [-0.3, -0.25) is 0 Å². The maximum atomic E-state index is 11.3. The minimum atomic E-state index is -2.79. The second kappa shape index (κ2) is 4.21. The fourth-order valence-corrected chi connectivity index (χ4v) is 3.98. The van der Waals surface area contributed by atoms with E-state index in [1.54, 1.807) is 0 Å². The molecule has 0 saturated carbocycles. The summed E-state index contributed by atoms with van der Waals surface area (Å²) in [5.41, 5.74) is 6.61. The van der Waals surface area contributed by atoms with Gasteiger partial charge in [0.2, 0.25) is 0 Å². The molecule has 0 radical (unpaired) electrons. The van der Waals surface area contributed by atoms with Crippen LogP contribution in [0.2, 0.25) is 0 Å². The Morgan fingerprint density at radius 2 is 2.06 bits per heavy atom. The molecular weight excluding hydrogens is 246 g/mol. The molecule has 1 aliphatic rings. The van der Waals surface area contributed by atoms with Gasteiger partial charge in [-0.05, 0) is 31.3 Å². The van der Waals surface area contributed by atoms with E-state index in [1.807, 2.05) is 6.92 Å². The van der Waals surface area contributed by atoms with Crippen molar-refractivity contribution in [1.29, 1.82) is 0 Å². The predicted octanol–water partition coefficient (Wildman–Crippen LogP) is 1.02. The van der Waals surface area contributed by atoms with Crippen LogP contribution in [-0.4, -0.2) is 30.3 Å². The summed E-state index contributed by atoms with van der Waals surface area (Å²) in [5, 5.41) is 4.28. The van der Waals surface area contributed by atoms with Gasteiger partial charge in [-0.2, -0.15) is 4.37 Å². The highest BCUT2D eigenvalue weighted by molar-refractivity contribution is 7.91. The summed E-state index contributed by atoms with van der Waals surface area (Å²) in [6, 6.07) is 0.224. The van der Waals surface area contributed by atoms with Gasteiger partial charge in [-0.15, -0.1) is 0 Å². The van der Waals surface area contributed by atoms with Gasteiger partial charge < -0.3 is 11.1 Å². The summed E-state index contributed by atoms with van der Waals surface area (Å²) >= 11 is 1.33. The third-order valence-corrected chi connectivity index (χ3v) is 5.46. The first-order valence-electron chi connectivity index (χ1n) is 5.16. The molecule has 1 saturated heterocycles. The van der Waals surface area contributed by atoms with E-state index in [-0.39, 0.29) is 17.5 Å². The van der Waals surface area contributed by atoms with E-state index in [2.05, 4.69) is 9.69 Å². The molecule has 2 rings (SSSR count). The van der Waals surface area contributed by atoms with Gasteiger partial charge in [0, 0.05) is 11.6 Å². The standard InChI is InChI=1S/C9H15N3O2S2/c1-6-8(10)12-15-9(6)11-7-2-4-16(13,14)5-3-7/h7,11H,2-5H2,1H3,(H2,10,12). The van der Waals surface area contributed by atoms with Crippen LogP contribution in [0.25, 0.3) is 0 Å². The molecule has 0 unspecified atom stereocenters. The lowest BCUT2D eigenvalue weighted by atomic mass is 10.1. The molecule has 0 spiro atoms. The number of hydrogen-bond donors (Lipinski definition) is 2. The Morgan fingerprint density at radius 3 is 2.56 bits per heavy atom. The number of nitrogens with one attached hydrogen (secondary N) is 1. The molecule has 7 heteroatoms. The SMILES string of the molecule is Cc1c(N)nsc1NC1CCS(=O)(=O)CC1. The van der Waals surface area contributed by atoms with E-state index >= 15 is 0 Å². The van der Waals surface area contributed by atoms with Gasteiger partial charge in [-0.25, -0.2) is 8.42 Å². The van der Waals surface area contributed by atoms with Crippen LogP contribution in [0.15, 0.2) is 0 Å². The zero-order valence-corrected chi connectivity index (χ0v) is 10.7. The van der Waals surface area contributed by atoms with Crippen LogP contribution in [0, 0.1) is 6.92 Å². The minimum Gasteiger partial charge on any atom is -0.383 e. The largest absolute Gasteiger partial charge is 0.383 e. The van der Waals surface area contributed by atoms with Crippen molar-refractivity contribution >= 4 is 32.2 Å². The summed E-state index contributed by atoms with van der Waals surface area (Å²) in [5.74, 6) is 1.10. The third-order valence-electron chi connectivity index (χ3n) is 2.85. The Hall–Kier alpha value is -0.820. The Bertz CT molecular complexity index is 467. The number of aromatic nitrogens is 1. The average molecular weight is 261 g/mol.